The van der Waals surface area contributed by atoms with Gasteiger partial charge in [0.25, 0.3) is 0 Å². The molecular formula is C12H14ClN3S. The minimum absolute atomic E-state index is 0.791. The molecule has 1 aromatic carbocycles. The molecule has 0 aliphatic rings. The predicted molar refractivity (Wildman–Crippen MR) is 72.4 cm³/mol. The second kappa shape index (κ2) is 6.10. The van der Waals surface area contributed by atoms with Crippen molar-refractivity contribution in [3.8, 4) is 0 Å². The van der Waals surface area contributed by atoms with E-state index in [2.05, 4.69) is 15.3 Å². The van der Waals surface area contributed by atoms with Crippen molar-refractivity contribution in [3.63, 3.8) is 0 Å². The summed E-state index contributed by atoms with van der Waals surface area (Å²) in [6.45, 7) is 0.809. The SMILES string of the molecule is CNCc1cnc(CSc2ccccc2Cl)[nH]1. The maximum Gasteiger partial charge on any atom is 0.116 e. The normalized spacial score (nSPS) is 10.7. The fraction of sp³-hybridized carbons (Fsp3) is 0.250. The van der Waals surface area contributed by atoms with Gasteiger partial charge in [0.2, 0.25) is 0 Å². The largest absolute Gasteiger partial charge is 0.344 e. The Labute approximate surface area is 110 Å². The van der Waals surface area contributed by atoms with E-state index in [0.717, 1.165) is 33.7 Å². The van der Waals surface area contributed by atoms with Gasteiger partial charge in [0.1, 0.15) is 5.82 Å². The molecule has 0 radical (unpaired) electrons. The first-order valence-corrected chi connectivity index (χ1v) is 6.70. The summed E-state index contributed by atoms with van der Waals surface area (Å²) in [5.41, 5.74) is 1.10. The highest BCUT2D eigenvalue weighted by Crippen LogP contribution is 2.28. The molecule has 90 valence electrons. The van der Waals surface area contributed by atoms with Gasteiger partial charge in [0.05, 0.1) is 10.8 Å². The summed E-state index contributed by atoms with van der Waals surface area (Å²) in [6, 6.07) is 7.84. The number of H-pyrrole nitrogens is 1. The molecule has 0 saturated carbocycles. The highest BCUT2D eigenvalue weighted by atomic mass is 35.5. The van der Waals surface area contributed by atoms with Crippen LogP contribution in [0.15, 0.2) is 35.4 Å². The highest BCUT2D eigenvalue weighted by molar-refractivity contribution is 7.98. The number of nitrogens with zero attached hydrogens (tertiary/aromatic N) is 1. The summed E-state index contributed by atoms with van der Waals surface area (Å²) in [5, 5.41) is 3.87. The van der Waals surface area contributed by atoms with Crippen molar-refractivity contribution in [3.05, 3.63) is 47.0 Å². The van der Waals surface area contributed by atoms with Crippen LogP contribution in [-0.4, -0.2) is 17.0 Å². The van der Waals surface area contributed by atoms with E-state index in [1.807, 2.05) is 37.5 Å². The van der Waals surface area contributed by atoms with E-state index < -0.39 is 0 Å². The van der Waals surface area contributed by atoms with E-state index in [0.29, 0.717) is 0 Å². The van der Waals surface area contributed by atoms with Crippen molar-refractivity contribution in [2.45, 2.75) is 17.2 Å². The van der Waals surface area contributed by atoms with Crippen molar-refractivity contribution < 1.29 is 0 Å². The van der Waals surface area contributed by atoms with Gasteiger partial charge in [-0.05, 0) is 19.2 Å². The van der Waals surface area contributed by atoms with E-state index in [-0.39, 0.29) is 0 Å². The summed E-state index contributed by atoms with van der Waals surface area (Å²) >= 11 is 7.77. The summed E-state index contributed by atoms with van der Waals surface area (Å²) < 4.78 is 0. The third-order valence-corrected chi connectivity index (χ3v) is 3.78. The van der Waals surface area contributed by atoms with Gasteiger partial charge in [-0.2, -0.15) is 0 Å². The number of hydrogen-bond donors (Lipinski definition) is 2. The second-order valence-electron chi connectivity index (χ2n) is 3.60. The van der Waals surface area contributed by atoms with Crippen LogP contribution in [0.25, 0.3) is 0 Å². The van der Waals surface area contributed by atoms with Gasteiger partial charge in [-0.3, -0.25) is 0 Å². The van der Waals surface area contributed by atoms with E-state index in [4.69, 9.17) is 11.6 Å². The molecule has 2 N–H and O–H groups in total. The van der Waals surface area contributed by atoms with E-state index in [1.54, 1.807) is 11.8 Å². The van der Waals surface area contributed by atoms with Crippen LogP contribution in [0.4, 0.5) is 0 Å². The first-order chi connectivity index (χ1) is 8.29. The van der Waals surface area contributed by atoms with Crippen LogP contribution in [-0.2, 0) is 12.3 Å². The molecule has 2 rings (SSSR count). The molecule has 0 aliphatic carbocycles. The summed E-state index contributed by atoms with van der Waals surface area (Å²) in [6.07, 6.45) is 1.86. The van der Waals surface area contributed by atoms with Gasteiger partial charge < -0.3 is 10.3 Å². The predicted octanol–water partition coefficient (Wildman–Crippen LogP) is 3.07. The van der Waals surface area contributed by atoms with Crippen molar-refractivity contribution in [1.82, 2.24) is 15.3 Å². The fourth-order valence-electron chi connectivity index (χ4n) is 1.47. The topological polar surface area (TPSA) is 40.7 Å². The third kappa shape index (κ3) is 3.49. The molecule has 1 aromatic heterocycles. The molecule has 0 aliphatic heterocycles. The number of rotatable bonds is 5. The number of hydrogen-bond acceptors (Lipinski definition) is 3. The number of nitrogens with one attached hydrogen (secondary N) is 2. The lowest BCUT2D eigenvalue weighted by Gasteiger charge is -2.01. The number of benzene rings is 1. The Bertz CT molecular complexity index is 484. The van der Waals surface area contributed by atoms with Gasteiger partial charge in [-0.15, -0.1) is 11.8 Å². The lowest BCUT2D eigenvalue weighted by molar-refractivity contribution is 0.794. The molecule has 0 amide bonds. The van der Waals surface area contributed by atoms with Crippen LogP contribution >= 0.6 is 23.4 Å². The molecule has 0 spiro atoms. The van der Waals surface area contributed by atoms with Crippen molar-refractivity contribution >= 4 is 23.4 Å². The summed E-state index contributed by atoms with van der Waals surface area (Å²) in [7, 11) is 1.92. The zero-order valence-electron chi connectivity index (χ0n) is 9.53. The molecule has 1 heterocycles. The standard InChI is InChI=1S/C12H14ClN3S/c1-14-6-9-7-15-12(16-9)8-17-11-5-3-2-4-10(11)13/h2-5,7,14H,6,8H2,1H3,(H,15,16). The second-order valence-corrected chi connectivity index (χ2v) is 5.03. The Kier molecular flexibility index (Phi) is 4.48. The zero-order valence-corrected chi connectivity index (χ0v) is 11.1. The van der Waals surface area contributed by atoms with Crippen LogP contribution in [0.2, 0.25) is 5.02 Å². The van der Waals surface area contributed by atoms with E-state index in [1.165, 1.54) is 0 Å². The molecule has 0 bridgehead atoms. The molecule has 0 atom stereocenters. The summed E-state index contributed by atoms with van der Waals surface area (Å²) in [5.74, 6) is 1.77. The quantitative estimate of drug-likeness (QED) is 0.818. The van der Waals surface area contributed by atoms with Crippen LogP contribution < -0.4 is 5.32 Å². The zero-order chi connectivity index (χ0) is 12.1. The van der Waals surface area contributed by atoms with Crippen LogP contribution in [0.3, 0.4) is 0 Å². The van der Waals surface area contributed by atoms with Gasteiger partial charge in [0.15, 0.2) is 0 Å². The lowest BCUT2D eigenvalue weighted by atomic mass is 10.4. The van der Waals surface area contributed by atoms with Crippen molar-refractivity contribution in [2.75, 3.05) is 7.05 Å². The van der Waals surface area contributed by atoms with Gasteiger partial charge >= 0.3 is 0 Å². The molecule has 5 heteroatoms. The molecule has 0 fully saturated rings. The number of thioether (sulfide) groups is 1. The number of halogens is 1. The highest BCUT2D eigenvalue weighted by Gasteiger charge is 2.03. The third-order valence-electron chi connectivity index (χ3n) is 2.25. The summed E-state index contributed by atoms with van der Waals surface area (Å²) in [4.78, 5) is 8.67. The number of aromatic nitrogens is 2. The number of imidazole rings is 1. The van der Waals surface area contributed by atoms with Gasteiger partial charge in [-0.1, -0.05) is 23.7 Å². The van der Waals surface area contributed by atoms with Crippen LogP contribution in [0, 0.1) is 0 Å². The average Bonchev–Trinajstić information content (AvgIpc) is 2.76. The van der Waals surface area contributed by atoms with Gasteiger partial charge in [-0.25, -0.2) is 4.98 Å². The minimum atomic E-state index is 0.791. The van der Waals surface area contributed by atoms with Crippen LogP contribution in [0.1, 0.15) is 11.5 Å². The first kappa shape index (κ1) is 12.5. The molecule has 0 unspecified atom stereocenters. The number of aromatic amines is 1. The average molecular weight is 268 g/mol. The molecular weight excluding hydrogens is 254 g/mol. The Morgan fingerprint density at radius 3 is 3.00 bits per heavy atom. The fourth-order valence-corrected chi connectivity index (χ4v) is 2.59. The van der Waals surface area contributed by atoms with Crippen molar-refractivity contribution in [2.24, 2.45) is 0 Å². The van der Waals surface area contributed by atoms with Crippen LogP contribution in [0.5, 0.6) is 0 Å². The molecule has 17 heavy (non-hydrogen) atoms. The smallest absolute Gasteiger partial charge is 0.116 e. The molecule has 2 aromatic rings. The van der Waals surface area contributed by atoms with E-state index >= 15 is 0 Å². The maximum atomic E-state index is 6.08. The Morgan fingerprint density at radius 1 is 1.41 bits per heavy atom. The van der Waals surface area contributed by atoms with E-state index in [9.17, 15) is 0 Å². The monoisotopic (exact) mass is 267 g/mol. The first-order valence-electron chi connectivity index (χ1n) is 5.34. The minimum Gasteiger partial charge on any atom is -0.344 e. The van der Waals surface area contributed by atoms with Gasteiger partial charge in [0, 0.05) is 23.3 Å². The molecule has 3 nitrogen and oxygen atoms in total. The lowest BCUT2D eigenvalue weighted by Crippen LogP contribution is -2.05. The Balaban J connectivity index is 1.95. The maximum absolute atomic E-state index is 6.08. The molecule has 0 saturated heterocycles. The van der Waals surface area contributed by atoms with Crippen molar-refractivity contribution in [1.29, 1.82) is 0 Å². The Morgan fingerprint density at radius 2 is 2.24 bits per heavy atom. The Hall–Kier alpha value is -0.970.